The van der Waals surface area contributed by atoms with Crippen molar-refractivity contribution in [2.45, 2.75) is 32.7 Å². The van der Waals surface area contributed by atoms with Crippen LogP contribution in [0.1, 0.15) is 31.9 Å². The first kappa shape index (κ1) is 21.4. The van der Waals surface area contributed by atoms with Crippen molar-refractivity contribution in [3.8, 4) is 5.75 Å². The number of carbonyl (C=O) groups is 2. The van der Waals surface area contributed by atoms with Gasteiger partial charge in [-0.3, -0.25) is 19.5 Å². The molecule has 1 aliphatic heterocycles. The van der Waals surface area contributed by atoms with Gasteiger partial charge in [0.25, 0.3) is 5.91 Å². The van der Waals surface area contributed by atoms with Gasteiger partial charge in [0.1, 0.15) is 5.75 Å². The van der Waals surface area contributed by atoms with Crippen molar-refractivity contribution in [2.75, 3.05) is 4.90 Å². The number of alkyl halides is 3. The molecule has 0 radical (unpaired) electrons. The summed E-state index contributed by atoms with van der Waals surface area (Å²) in [6.45, 7) is 3.64. The van der Waals surface area contributed by atoms with E-state index in [1.54, 1.807) is 12.1 Å². The predicted molar refractivity (Wildman–Crippen MR) is 102 cm³/mol. The van der Waals surface area contributed by atoms with Gasteiger partial charge in [-0.15, -0.1) is 13.2 Å². The Labute approximate surface area is 170 Å². The second-order valence-corrected chi connectivity index (χ2v) is 7.19. The van der Waals surface area contributed by atoms with Gasteiger partial charge >= 0.3 is 6.36 Å². The minimum absolute atomic E-state index is 0.0278. The standard InChI is InChI=1S/C21H19F3N2O4/c1-12(2)9-16(27)17-18(13-5-4-8-25-11-13)26(20(29)19(17)28)14-6-3-7-15(10-14)30-21(22,23)24/h3-8,10-12,18,28H,9H2,1-2H3. The van der Waals surface area contributed by atoms with E-state index in [2.05, 4.69) is 9.72 Å². The van der Waals surface area contributed by atoms with Crippen LogP contribution in [0.25, 0.3) is 0 Å². The number of amides is 1. The zero-order valence-corrected chi connectivity index (χ0v) is 16.2. The van der Waals surface area contributed by atoms with E-state index in [9.17, 15) is 27.9 Å². The van der Waals surface area contributed by atoms with Crippen LogP contribution >= 0.6 is 0 Å². The van der Waals surface area contributed by atoms with Crippen LogP contribution in [0.3, 0.4) is 0 Å². The van der Waals surface area contributed by atoms with Gasteiger partial charge in [0, 0.05) is 30.6 Å². The number of nitrogens with zero attached hydrogens (tertiary/aromatic N) is 2. The largest absolute Gasteiger partial charge is 0.573 e. The van der Waals surface area contributed by atoms with Crippen molar-refractivity contribution in [3.63, 3.8) is 0 Å². The van der Waals surface area contributed by atoms with E-state index in [1.165, 1.54) is 24.5 Å². The van der Waals surface area contributed by atoms with E-state index >= 15 is 0 Å². The molecule has 1 aromatic carbocycles. The Morgan fingerprint density at radius 1 is 1.27 bits per heavy atom. The summed E-state index contributed by atoms with van der Waals surface area (Å²) in [7, 11) is 0. The maximum absolute atomic E-state index is 12.9. The summed E-state index contributed by atoms with van der Waals surface area (Å²) in [4.78, 5) is 30.8. The lowest BCUT2D eigenvalue weighted by Crippen LogP contribution is -2.31. The Balaban J connectivity index is 2.09. The summed E-state index contributed by atoms with van der Waals surface area (Å²) in [6.07, 6.45) is -1.88. The summed E-state index contributed by atoms with van der Waals surface area (Å²) in [5.74, 6) is -2.59. The monoisotopic (exact) mass is 420 g/mol. The smallest absolute Gasteiger partial charge is 0.503 e. The third-order valence-electron chi connectivity index (χ3n) is 4.43. The van der Waals surface area contributed by atoms with Crippen LogP contribution in [0, 0.1) is 5.92 Å². The van der Waals surface area contributed by atoms with Gasteiger partial charge in [-0.1, -0.05) is 26.0 Å². The molecule has 0 saturated carbocycles. The summed E-state index contributed by atoms with van der Waals surface area (Å²) < 4.78 is 41.8. The van der Waals surface area contributed by atoms with E-state index in [0.717, 1.165) is 17.0 Å². The van der Waals surface area contributed by atoms with E-state index in [4.69, 9.17) is 0 Å². The molecule has 1 aromatic heterocycles. The molecule has 9 heteroatoms. The fourth-order valence-corrected chi connectivity index (χ4v) is 3.32. The van der Waals surface area contributed by atoms with Crippen LogP contribution < -0.4 is 9.64 Å². The number of ketones is 1. The average molecular weight is 420 g/mol. The van der Waals surface area contributed by atoms with E-state index < -0.39 is 35.6 Å². The maximum Gasteiger partial charge on any atom is 0.573 e. The number of halogens is 3. The fourth-order valence-electron chi connectivity index (χ4n) is 3.32. The van der Waals surface area contributed by atoms with Crippen molar-refractivity contribution in [2.24, 2.45) is 5.92 Å². The van der Waals surface area contributed by atoms with Crippen molar-refractivity contribution < 1.29 is 32.6 Å². The number of benzene rings is 1. The first-order chi connectivity index (χ1) is 14.1. The molecule has 158 valence electrons. The lowest BCUT2D eigenvalue weighted by molar-refractivity contribution is -0.274. The maximum atomic E-state index is 12.9. The number of Topliss-reactive ketones (excluding diaryl/α,β-unsaturated/α-hetero) is 1. The van der Waals surface area contributed by atoms with E-state index in [-0.39, 0.29) is 23.6 Å². The summed E-state index contributed by atoms with van der Waals surface area (Å²) >= 11 is 0. The van der Waals surface area contributed by atoms with Crippen LogP contribution in [0.4, 0.5) is 18.9 Å². The van der Waals surface area contributed by atoms with Gasteiger partial charge in [0.2, 0.25) is 0 Å². The topological polar surface area (TPSA) is 79.7 Å². The molecule has 1 N–H and O–H groups in total. The van der Waals surface area contributed by atoms with Crippen molar-refractivity contribution in [3.05, 3.63) is 65.7 Å². The molecule has 2 heterocycles. The van der Waals surface area contributed by atoms with E-state index in [1.807, 2.05) is 13.8 Å². The zero-order chi connectivity index (χ0) is 22.1. The molecule has 0 bridgehead atoms. The fraction of sp³-hybridized carbons (Fsp3) is 0.286. The Morgan fingerprint density at radius 2 is 2.00 bits per heavy atom. The molecular weight excluding hydrogens is 401 g/mol. The number of hydrogen-bond acceptors (Lipinski definition) is 5. The van der Waals surface area contributed by atoms with Crippen molar-refractivity contribution >= 4 is 17.4 Å². The lowest BCUT2D eigenvalue weighted by atomic mass is 9.93. The van der Waals surface area contributed by atoms with Gasteiger partial charge in [0.15, 0.2) is 11.5 Å². The van der Waals surface area contributed by atoms with Gasteiger partial charge in [-0.2, -0.15) is 0 Å². The highest BCUT2D eigenvalue weighted by atomic mass is 19.4. The van der Waals surface area contributed by atoms with Crippen LogP contribution in [-0.4, -0.2) is 28.1 Å². The first-order valence-electron chi connectivity index (χ1n) is 9.14. The molecule has 0 saturated heterocycles. The number of carbonyl (C=O) groups excluding carboxylic acids is 2. The molecule has 1 atom stereocenters. The Morgan fingerprint density at radius 3 is 2.60 bits per heavy atom. The molecule has 1 amide bonds. The van der Waals surface area contributed by atoms with Gasteiger partial charge in [-0.25, -0.2) is 0 Å². The highest BCUT2D eigenvalue weighted by Gasteiger charge is 2.44. The number of aliphatic hydroxyl groups excluding tert-OH is 1. The first-order valence-corrected chi connectivity index (χ1v) is 9.14. The number of pyridine rings is 1. The molecule has 0 aliphatic carbocycles. The molecule has 6 nitrogen and oxygen atoms in total. The molecule has 1 aliphatic rings. The molecular formula is C21H19F3N2O4. The Hall–Kier alpha value is -3.36. The van der Waals surface area contributed by atoms with E-state index in [0.29, 0.717) is 5.56 Å². The third-order valence-corrected chi connectivity index (χ3v) is 4.43. The van der Waals surface area contributed by atoms with Gasteiger partial charge in [-0.05, 0) is 29.7 Å². The lowest BCUT2D eigenvalue weighted by Gasteiger charge is -2.27. The molecule has 0 spiro atoms. The molecule has 2 aromatic rings. The summed E-state index contributed by atoms with van der Waals surface area (Å²) in [5.41, 5.74) is 0.363. The number of rotatable bonds is 6. The van der Waals surface area contributed by atoms with Crippen LogP contribution in [-0.2, 0) is 9.59 Å². The van der Waals surface area contributed by atoms with Crippen LogP contribution in [0.5, 0.6) is 5.75 Å². The number of aliphatic hydroxyl groups is 1. The Bertz CT molecular complexity index is 987. The summed E-state index contributed by atoms with van der Waals surface area (Å²) in [5, 5.41) is 10.5. The second kappa shape index (κ2) is 8.17. The molecule has 0 fully saturated rings. The SMILES string of the molecule is CC(C)CC(=O)C1=C(O)C(=O)N(c2cccc(OC(F)(F)F)c2)C1c1cccnc1. The number of anilines is 1. The number of ether oxygens (including phenoxy) is 1. The molecule has 3 rings (SSSR count). The normalized spacial score (nSPS) is 17.1. The second-order valence-electron chi connectivity index (χ2n) is 7.19. The van der Waals surface area contributed by atoms with Crippen LogP contribution in [0.2, 0.25) is 0 Å². The minimum Gasteiger partial charge on any atom is -0.503 e. The zero-order valence-electron chi connectivity index (χ0n) is 16.2. The minimum atomic E-state index is -4.91. The Kier molecular flexibility index (Phi) is 5.82. The third kappa shape index (κ3) is 4.45. The number of hydrogen-bond donors (Lipinski definition) is 1. The van der Waals surface area contributed by atoms with Crippen molar-refractivity contribution in [1.82, 2.24) is 4.98 Å². The molecule has 1 unspecified atom stereocenters. The molecule has 30 heavy (non-hydrogen) atoms. The quantitative estimate of drug-likeness (QED) is 0.745. The predicted octanol–water partition coefficient (Wildman–Crippen LogP) is 4.50. The van der Waals surface area contributed by atoms with Crippen LogP contribution in [0.15, 0.2) is 60.1 Å². The van der Waals surface area contributed by atoms with Gasteiger partial charge < -0.3 is 9.84 Å². The average Bonchev–Trinajstić information content (AvgIpc) is 2.92. The summed E-state index contributed by atoms with van der Waals surface area (Å²) in [6, 6.07) is 6.99. The highest BCUT2D eigenvalue weighted by molar-refractivity contribution is 6.16. The van der Waals surface area contributed by atoms with Gasteiger partial charge in [0.05, 0.1) is 11.6 Å². The number of aromatic nitrogens is 1. The highest BCUT2D eigenvalue weighted by Crippen LogP contribution is 2.42. The van der Waals surface area contributed by atoms with Crippen molar-refractivity contribution in [1.29, 1.82) is 0 Å².